The van der Waals surface area contributed by atoms with Crippen LogP contribution in [0.2, 0.25) is 0 Å². The maximum atomic E-state index is 2.67. The molecule has 7 atom stereocenters. The molecule has 0 nitrogen and oxygen atoms in total. The summed E-state index contributed by atoms with van der Waals surface area (Å²) in [6.07, 6.45) is 20.6. The van der Waals surface area contributed by atoms with Crippen LogP contribution in [0.1, 0.15) is 92.4 Å². The molecular weight excluding hydrogens is 324 g/mol. The maximum absolute atomic E-state index is 2.67. The molecule has 5 aliphatic rings. The van der Waals surface area contributed by atoms with E-state index in [9.17, 15) is 0 Å². The highest BCUT2D eigenvalue weighted by Gasteiger charge is 2.59. The number of hydrogen-bond acceptors (Lipinski definition) is 0. The summed E-state index contributed by atoms with van der Waals surface area (Å²) < 4.78 is 0. The molecule has 0 aromatic heterocycles. The average molecular weight is 365 g/mol. The summed E-state index contributed by atoms with van der Waals surface area (Å²) in [5.41, 5.74) is 6.58. The van der Waals surface area contributed by atoms with E-state index < -0.39 is 0 Å². The second-order valence-corrected chi connectivity index (χ2v) is 11.8. The Morgan fingerprint density at radius 2 is 1.67 bits per heavy atom. The average Bonchev–Trinajstić information content (AvgIpc) is 2.63. The Morgan fingerprint density at radius 1 is 0.852 bits per heavy atom. The standard InChI is InChI=1S/C27H40/c1-18-11-13-25(3)15-16-27(5)22(23(25)17-18)12-14-26(4)21-8-6-7-19(2)20(21)9-10-24(26)27/h8-10,18-19,22-23H,6-7,11-17H2,1-5H3. The molecule has 0 heteroatoms. The third-order valence-electron chi connectivity index (χ3n) is 10.3. The van der Waals surface area contributed by atoms with Gasteiger partial charge in [0.15, 0.2) is 0 Å². The fourth-order valence-corrected chi connectivity index (χ4v) is 8.44. The summed E-state index contributed by atoms with van der Waals surface area (Å²) in [5, 5.41) is 0. The molecule has 3 saturated carbocycles. The minimum absolute atomic E-state index is 0.317. The van der Waals surface area contributed by atoms with Crippen molar-refractivity contribution in [1.82, 2.24) is 0 Å². The zero-order valence-corrected chi connectivity index (χ0v) is 18.4. The number of rotatable bonds is 0. The summed E-state index contributed by atoms with van der Waals surface area (Å²) in [6, 6.07) is 0. The van der Waals surface area contributed by atoms with Crippen LogP contribution in [0, 0.1) is 39.9 Å². The highest BCUT2D eigenvalue weighted by atomic mass is 14.6. The van der Waals surface area contributed by atoms with Crippen LogP contribution < -0.4 is 0 Å². The zero-order chi connectivity index (χ0) is 19.0. The van der Waals surface area contributed by atoms with Crippen molar-refractivity contribution in [2.45, 2.75) is 92.4 Å². The van der Waals surface area contributed by atoms with Gasteiger partial charge in [-0.1, -0.05) is 64.8 Å². The fourth-order valence-electron chi connectivity index (χ4n) is 8.44. The number of allylic oxidation sites excluding steroid dienone is 6. The van der Waals surface area contributed by atoms with Gasteiger partial charge in [-0.25, -0.2) is 0 Å². The normalized spacial score (nSPS) is 51.7. The summed E-state index contributed by atoms with van der Waals surface area (Å²) >= 11 is 0. The molecule has 27 heavy (non-hydrogen) atoms. The minimum atomic E-state index is 0.317. The SMILES string of the molecule is CC1CCC2(C)CCC3(C)C4=CC=C5C(=CCCC5C)C4(C)CCC3C2C1. The molecule has 5 aliphatic carbocycles. The highest BCUT2D eigenvalue weighted by molar-refractivity contribution is 5.54. The first-order valence-electron chi connectivity index (χ1n) is 11.9. The van der Waals surface area contributed by atoms with Crippen LogP contribution in [0.25, 0.3) is 0 Å². The van der Waals surface area contributed by atoms with E-state index in [1.807, 2.05) is 5.57 Å². The number of fused-ring (bicyclic) bond motifs is 7. The first-order chi connectivity index (χ1) is 12.8. The molecule has 7 unspecified atom stereocenters. The van der Waals surface area contributed by atoms with Crippen molar-refractivity contribution in [3.05, 3.63) is 34.9 Å². The van der Waals surface area contributed by atoms with Gasteiger partial charge in [0.05, 0.1) is 0 Å². The van der Waals surface area contributed by atoms with Gasteiger partial charge in [0, 0.05) is 5.41 Å². The first-order valence-corrected chi connectivity index (χ1v) is 11.9. The van der Waals surface area contributed by atoms with E-state index in [1.165, 1.54) is 57.8 Å². The molecule has 0 amide bonds. The van der Waals surface area contributed by atoms with Crippen molar-refractivity contribution >= 4 is 0 Å². The Morgan fingerprint density at radius 3 is 2.48 bits per heavy atom. The van der Waals surface area contributed by atoms with Gasteiger partial charge < -0.3 is 0 Å². The topological polar surface area (TPSA) is 0 Å². The zero-order valence-electron chi connectivity index (χ0n) is 18.4. The predicted molar refractivity (Wildman–Crippen MR) is 115 cm³/mol. The van der Waals surface area contributed by atoms with E-state index >= 15 is 0 Å². The molecule has 148 valence electrons. The largest absolute Gasteiger partial charge is 0.0801 e. The lowest BCUT2D eigenvalue weighted by molar-refractivity contribution is -0.0840. The molecule has 0 aromatic carbocycles. The minimum Gasteiger partial charge on any atom is -0.0801 e. The van der Waals surface area contributed by atoms with E-state index in [1.54, 1.807) is 11.1 Å². The van der Waals surface area contributed by atoms with Gasteiger partial charge in [0.1, 0.15) is 0 Å². The van der Waals surface area contributed by atoms with Crippen molar-refractivity contribution in [3.8, 4) is 0 Å². The van der Waals surface area contributed by atoms with Crippen LogP contribution in [0.5, 0.6) is 0 Å². The van der Waals surface area contributed by atoms with Crippen LogP contribution in [0.15, 0.2) is 34.9 Å². The Bertz CT molecular complexity index is 735. The predicted octanol–water partition coefficient (Wildman–Crippen LogP) is 7.87. The van der Waals surface area contributed by atoms with Gasteiger partial charge in [-0.15, -0.1) is 0 Å². The van der Waals surface area contributed by atoms with E-state index in [4.69, 9.17) is 0 Å². The van der Waals surface area contributed by atoms with Crippen molar-refractivity contribution in [3.63, 3.8) is 0 Å². The molecule has 0 aliphatic heterocycles. The Hall–Kier alpha value is -0.780. The van der Waals surface area contributed by atoms with E-state index in [0.29, 0.717) is 16.2 Å². The van der Waals surface area contributed by atoms with Gasteiger partial charge >= 0.3 is 0 Å². The van der Waals surface area contributed by atoms with Crippen LogP contribution >= 0.6 is 0 Å². The Kier molecular flexibility index (Phi) is 3.97. The van der Waals surface area contributed by atoms with Gasteiger partial charge in [-0.2, -0.15) is 0 Å². The van der Waals surface area contributed by atoms with E-state index in [-0.39, 0.29) is 0 Å². The second-order valence-electron chi connectivity index (χ2n) is 11.8. The summed E-state index contributed by atoms with van der Waals surface area (Å²) in [7, 11) is 0. The maximum Gasteiger partial charge on any atom is 0.0142 e. The molecule has 0 radical (unpaired) electrons. The monoisotopic (exact) mass is 364 g/mol. The molecule has 0 N–H and O–H groups in total. The van der Waals surface area contributed by atoms with Crippen molar-refractivity contribution in [2.24, 2.45) is 39.9 Å². The molecule has 5 rings (SSSR count). The molecule has 0 saturated heterocycles. The highest BCUT2D eigenvalue weighted by Crippen LogP contribution is 2.69. The quantitative estimate of drug-likeness (QED) is 0.410. The second kappa shape index (κ2) is 5.87. The van der Waals surface area contributed by atoms with Crippen LogP contribution in [-0.2, 0) is 0 Å². The van der Waals surface area contributed by atoms with Crippen molar-refractivity contribution < 1.29 is 0 Å². The molecule has 0 heterocycles. The third-order valence-corrected chi connectivity index (χ3v) is 10.3. The Balaban J connectivity index is 1.58. The summed E-state index contributed by atoms with van der Waals surface area (Å²) in [5.74, 6) is 3.55. The lowest BCUT2D eigenvalue weighted by Gasteiger charge is -2.64. The molecule has 0 spiro atoms. The first kappa shape index (κ1) is 18.3. The lowest BCUT2D eigenvalue weighted by Crippen LogP contribution is -2.55. The molecule has 0 aromatic rings. The van der Waals surface area contributed by atoms with Crippen LogP contribution in [0.3, 0.4) is 0 Å². The van der Waals surface area contributed by atoms with Gasteiger partial charge in [0.2, 0.25) is 0 Å². The van der Waals surface area contributed by atoms with E-state index in [2.05, 4.69) is 52.8 Å². The smallest absolute Gasteiger partial charge is 0.0142 e. The van der Waals surface area contributed by atoms with Crippen molar-refractivity contribution in [1.29, 1.82) is 0 Å². The van der Waals surface area contributed by atoms with Gasteiger partial charge in [0.25, 0.3) is 0 Å². The molecule has 0 bridgehead atoms. The molecular formula is C27H40. The van der Waals surface area contributed by atoms with Gasteiger partial charge in [-0.05, 0) is 97.0 Å². The molecule has 3 fully saturated rings. The van der Waals surface area contributed by atoms with Crippen LogP contribution in [-0.4, -0.2) is 0 Å². The van der Waals surface area contributed by atoms with E-state index in [0.717, 1.165) is 23.7 Å². The fraction of sp³-hybridized carbons (Fsp3) is 0.778. The Labute approximate surface area is 167 Å². The summed E-state index contributed by atoms with van der Waals surface area (Å²) in [4.78, 5) is 0. The summed E-state index contributed by atoms with van der Waals surface area (Å²) in [6.45, 7) is 12.9. The third kappa shape index (κ3) is 2.40. The van der Waals surface area contributed by atoms with Gasteiger partial charge in [-0.3, -0.25) is 0 Å². The lowest BCUT2D eigenvalue weighted by atomic mass is 9.40. The van der Waals surface area contributed by atoms with Crippen LogP contribution in [0.4, 0.5) is 0 Å². The van der Waals surface area contributed by atoms with Crippen molar-refractivity contribution in [2.75, 3.05) is 0 Å². The number of hydrogen-bond donors (Lipinski definition) is 0.